The minimum Gasteiger partial charge on any atom is -0.318 e. The van der Waals surface area contributed by atoms with Crippen molar-refractivity contribution in [2.24, 2.45) is 5.10 Å². The van der Waals surface area contributed by atoms with E-state index in [0.29, 0.717) is 11.3 Å². The van der Waals surface area contributed by atoms with E-state index in [0.717, 1.165) is 0 Å². The molecule has 0 fully saturated rings. The van der Waals surface area contributed by atoms with E-state index in [-0.39, 0.29) is 0 Å². The number of anilines is 1. The Bertz CT molecular complexity index is 656. The molecule has 0 saturated carbocycles. The van der Waals surface area contributed by atoms with Gasteiger partial charge in [-0.25, -0.2) is 9.82 Å². The highest BCUT2D eigenvalue weighted by Crippen LogP contribution is 2.07. The van der Waals surface area contributed by atoms with Gasteiger partial charge < -0.3 is 5.32 Å². The van der Waals surface area contributed by atoms with Gasteiger partial charge in [0.1, 0.15) is 5.82 Å². The molecule has 0 atom stereocenters. The number of pyridine rings is 1. The predicted molar refractivity (Wildman–Crippen MR) is 75.0 cm³/mol. The first kappa shape index (κ1) is 14.3. The van der Waals surface area contributed by atoms with E-state index in [1.54, 1.807) is 24.5 Å². The van der Waals surface area contributed by atoms with E-state index < -0.39 is 17.6 Å². The van der Waals surface area contributed by atoms with Crippen LogP contribution in [0.25, 0.3) is 0 Å². The van der Waals surface area contributed by atoms with Crippen molar-refractivity contribution in [3.05, 3.63) is 60.2 Å². The third-order valence-electron chi connectivity index (χ3n) is 2.37. The number of halogens is 1. The number of hydrogen-bond acceptors (Lipinski definition) is 4. The number of amides is 2. The molecule has 0 aliphatic heterocycles. The average Bonchev–Trinajstić information content (AvgIpc) is 2.50. The number of rotatable bonds is 3. The van der Waals surface area contributed by atoms with E-state index in [2.05, 4.69) is 20.8 Å². The summed E-state index contributed by atoms with van der Waals surface area (Å²) in [7, 11) is 0. The fraction of sp³-hybridized carbons (Fsp3) is 0. The largest absolute Gasteiger partial charge is 0.329 e. The predicted octanol–water partition coefficient (Wildman–Crippen LogP) is 1.31. The minimum absolute atomic E-state index is 0.313. The smallest absolute Gasteiger partial charge is 0.318 e. The molecule has 21 heavy (non-hydrogen) atoms. The summed E-state index contributed by atoms with van der Waals surface area (Å²) >= 11 is 0. The topological polar surface area (TPSA) is 83.5 Å². The van der Waals surface area contributed by atoms with Crippen molar-refractivity contribution in [1.82, 2.24) is 10.4 Å². The second-order valence-corrected chi connectivity index (χ2v) is 3.95. The second kappa shape index (κ2) is 6.90. The summed E-state index contributed by atoms with van der Waals surface area (Å²) in [6.07, 6.45) is 4.51. The summed E-state index contributed by atoms with van der Waals surface area (Å²) in [6.45, 7) is 0. The van der Waals surface area contributed by atoms with E-state index in [1.807, 2.05) is 0 Å². The Morgan fingerprint density at radius 1 is 1.14 bits per heavy atom. The molecule has 0 bridgehead atoms. The van der Waals surface area contributed by atoms with Crippen LogP contribution in [0.4, 0.5) is 10.1 Å². The number of hydrazone groups is 1. The first-order chi connectivity index (χ1) is 10.1. The van der Waals surface area contributed by atoms with Crippen molar-refractivity contribution in [2.75, 3.05) is 5.32 Å². The first-order valence-electron chi connectivity index (χ1n) is 5.95. The number of carbonyl (C=O) groups excluding carboxylic acids is 2. The molecule has 2 amide bonds. The van der Waals surface area contributed by atoms with Crippen LogP contribution in [0.1, 0.15) is 5.56 Å². The van der Waals surface area contributed by atoms with Crippen LogP contribution in [0.5, 0.6) is 0 Å². The molecule has 0 unspecified atom stereocenters. The van der Waals surface area contributed by atoms with Crippen LogP contribution >= 0.6 is 0 Å². The lowest BCUT2D eigenvalue weighted by Crippen LogP contribution is -2.32. The molecule has 1 aromatic carbocycles. The summed E-state index contributed by atoms with van der Waals surface area (Å²) in [5.74, 6) is -2.26. The third kappa shape index (κ3) is 4.50. The molecule has 106 valence electrons. The third-order valence-corrected chi connectivity index (χ3v) is 2.37. The molecule has 2 rings (SSSR count). The second-order valence-electron chi connectivity index (χ2n) is 3.95. The van der Waals surface area contributed by atoms with Gasteiger partial charge >= 0.3 is 11.8 Å². The highest BCUT2D eigenvalue weighted by molar-refractivity contribution is 6.39. The van der Waals surface area contributed by atoms with Crippen molar-refractivity contribution in [3.63, 3.8) is 0 Å². The Morgan fingerprint density at radius 2 is 1.90 bits per heavy atom. The summed E-state index contributed by atoms with van der Waals surface area (Å²) in [5.41, 5.74) is 3.07. The zero-order valence-corrected chi connectivity index (χ0v) is 10.8. The van der Waals surface area contributed by atoms with Crippen molar-refractivity contribution in [3.8, 4) is 0 Å². The number of carbonyl (C=O) groups is 2. The Balaban J connectivity index is 1.87. The zero-order valence-electron chi connectivity index (χ0n) is 10.8. The Kier molecular flexibility index (Phi) is 4.70. The van der Waals surface area contributed by atoms with Crippen LogP contribution in [0, 0.1) is 5.82 Å². The van der Waals surface area contributed by atoms with Gasteiger partial charge in [0.05, 0.1) is 6.21 Å². The van der Waals surface area contributed by atoms with Crippen LogP contribution in [-0.4, -0.2) is 23.0 Å². The highest BCUT2D eigenvalue weighted by Gasteiger charge is 2.12. The lowest BCUT2D eigenvalue weighted by atomic mass is 10.3. The maximum atomic E-state index is 12.7. The van der Waals surface area contributed by atoms with Gasteiger partial charge in [-0.3, -0.25) is 14.6 Å². The molecule has 0 saturated heterocycles. The average molecular weight is 286 g/mol. The van der Waals surface area contributed by atoms with Crippen LogP contribution in [0.2, 0.25) is 0 Å². The van der Waals surface area contributed by atoms with Crippen molar-refractivity contribution >= 4 is 23.7 Å². The van der Waals surface area contributed by atoms with Crippen LogP contribution in [-0.2, 0) is 9.59 Å². The lowest BCUT2D eigenvalue weighted by molar-refractivity contribution is -0.136. The van der Waals surface area contributed by atoms with Crippen LogP contribution in [0.15, 0.2) is 53.9 Å². The lowest BCUT2D eigenvalue weighted by Gasteiger charge is -2.03. The normalized spacial score (nSPS) is 10.3. The van der Waals surface area contributed by atoms with E-state index in [9.17, 15) is 14.0 Å². The summed E-state index contributed by atoms with van der Waals surface area (Å²) in [5, 5.41) is 5.95. The zero-order chi connectivity index (χ0) is 15.1. The van der Waals surface area contributed by atoms with Gasteiger partial charge in [-0.15, -0.1) is 0 Å². The Hall–Kier alpha value is -3.09. The van der Waals surface area contributed by atoms with Gasteiger partial charge in [0.15, 0.2) is 0 Å². The summed E-state index contributed by atoms with van der Waals surface area (Å²) in [6, 6.07) is 8.49. The monoisotopic (exact) mass is 286 g/mol. The number of hydrogen-bond donors (Lipinski definition) is 2. The minimum atomic E-state index is -0.931. The number of benzene rings is 1. The Labute approximate surface area is 119 Å². The fourth-order valence-corrected chi connectivity index (χ4v) is 1.39. The number of nitrogens with one attached hydrogen (secondary N) is 2. The molecule has 2 N–H and O–H groups in total. The number of aromatic nitrogens is 1. The molecule has 6 nitrogen and oxygen atoms in total. The van der Waals surface area contributed by atoms with Gasteiger partial charge in [-0.2, -0.15) is 5.10 Å². The quantitative estimate of drug-likeness (QED) is 0.507. The van der Waals surface area contributed by atoms with Crippen LogP contribution in [0.3, 0.4) is 0 Å². The van der Waals surface area contributed by atoms with Gasteiger partial charge in [-0.05, 0) is 30.3 Å². The van der Waals surface area contributed by atoms with Crippen molar-refractivity contribution in [2.45, 2.75) is 0 Å². The maximum Gasteiger partial charge on any atom is 0.329 e. The standard InChI is InChI=1S/C14H11FN4O2/c15-11-3-5-12(6-4-11)18-13(20)14(21)19-17-9-10-2-1-7-16-8-10/h1-9H,(H,18,20)(H,19,21)/b17-9+. The fourth-order valence-electron chi connectivity index (χ4n) is 1.39. The van der Waals surface area contributed by atoms with Crippen molar-refractivity contribution < 1.29 is 14.0 Å². The van der Waals surface area contributed by atoms with Gasteiger partial charge in [0.25, 0.3) is 0 Å². The molecule has 7 heteroatoms. The van der Waals surface area contributed by atoms with Gasteiger partial charge in [-0.1, -0.05) is 6.07 Å². The molecule has 1 aromatic heterocycles. The molecule has 0 spiro atoms. The van der Waals surface area contributed by atoms with Crippen LogP contribution < -0.4 is 10.7 Å². The molecule has 0 aliphatic carbocycles. The highest BCUT2D eigenvalue weighted by atomic mass is 19.1. The molecular formula is C14H11FN4O2. The molecule has 1 heterocycles. The SMILES string of the molecule is O=C(N/N=C/c1cccnc1)C(=O)Nc1ccc(F)cc1. The van der Waals surface area contributed by atoms with Gasteiger partial charge in [0.2, 0.25) is 0 Å². The molecular weight excluding hydrogens is 275 g/mol. The summed E-state index contributed by atoms with van der Waals surface area (Å²) < 4.78 is 12.7. The molecule has 2 aromatic rings. The Morgan fingerprint density at radius 3 is 2.57 bits per heavy atom. The maximum absolute atomic E-state index is 12.7. The van der Waals surface area contributed by atoms with Crippen molar-refractivity contribution in [1.29, 1.82) is 0 Å². The van der Waals surface area contributed by atoms with E-state index in [1.165, 1.54) is 30.5 Å². The van der Waals surface area contributed by atoms with E-state index in [4.69, 9.17) is 0 Å². The van der Waals surface area contributed by atoms with Gasteiger partial charge in [0, 0.05) is 23.6 Å². The summed E-state index contributed by atoms with van der Waals surface area (Å²) in [4.78, 5) is 26.9. The van der Waals surface area contributed by atoms with E-state index >= 15 is 0 Å². The number of nitrogens with zero attached hydrogens (tertiary/aromatic N) is 2. The molecule has 0 aliphatic rings. The first-order valence-corrected chi connectivity index (χ1v) is 5.95. The molecule has 0 radical (unpaired) electrons.